The Kier molecular flexibility index (Phi) is 6.64. The van der Waals surface area contributed by atoms with E-state index in [4.69, 9.17) is 14.5 Å². The summed E-state index contributed by atoms with van der Waals surface area (Å²) in [5, 5.41) is 6.32. The molecule has 4 aromatic heterocycles. The molecule has 0 spiro atoms. The zero-order valence-electron chi connectivity index (χ0n) is 20.6. The number of ether oxygens (including phenoxy) is 2. The van der Waals surface area contributed by atoms with Crippen LogP contribution in [0.15, 0.2) is 54.2 Å². The van der Waals surface area contributed by atoms with Gasteiger partial charge in [0.1, 0.15) is 5.82 Å². The average molecular weight is 534 g/mol. The summed E-state index contributed by atoms with van der Waals surface area (Å²) < 4.78 is 14.6. The number of benzene rings is 1. The van der Waals surface area contributed by atoms with Gasteiger partial charge in [-0.15, -0.1) is 22.7 Å². The summed E-state index contributed by atoms with van der Waals surface area (Å²) in [6.45, 7) is 4.67. The lowest BCUT2D eigenvalue weighted by atomic mass is 10.1. The zero-order valence-corrected chi connectivity index (χ0v) is 22.3. The van der Waals surface area contributed by atoms with E-state index in [9.17, 15) is 4.79 Å². The van der Waals surface area contributed by atoms with Crippen molar-refractivity contribution in [2.24, 2.45) is 0 Å². The molecule has 190 valence electrons. The Morgan fingerprint density at radius 3 is 2.92 bits per heavy atom. The number of fused-ring (bicyclic) bond motifs is 2. The molecule has 1 fully saturated rings. The van der Waals surface area contributed by atoms with Crippen LogP contribution in [0.1, 0.15) is 20.9 Å². The van der Waals surface area contributed by atoms with Crippen molar-refractivity contribution in [3.05, 3.63) is 70.3 Å². The number of rotatable bonds is 7. The van der Waals surface area contributed by atoms with Gasteiger partial charge >= 0.3 is 0 Å². The number of anilines is 1. The van der Waals surface area contributed by atoms with Gasteiger partial charge in [-0.2, -0.15) is 0 Å². The number of aromatic nitrogens is 3. The van der Waals surface area contributed by atoms with Crippen LogP contribution in [0, 0.1) is 6.92 Å². The second-order valence-electron chi connectivity index (χ2n) is 9.11. The van der Waals surface area contributed by atoms with E-state index in [1.54, 1.807) is 22.7 Å². The van der Waals surface area contributed by atoms with Gasteiger partial charge in [0.25, 0.3) is 5.91 Å². The maximum Gasteiger partial charge on any atom is 0.255 e. The van der Waals surface area contributed by atoms with Crippen LogP contribution in [-0.2, 0) is 16.0 Å². The van der Waals surface area contributed by atoms with Crippen LogP contribution >= 0.6 is 22.7 Å². The molecule has 1 aromatic carbocycles. The molecule has 1 saturated heterocycles. The summed E-state index contributed by atoms with van der Waals surface area (Å²) in [6, 6.07) is 12.1. The number of thiophene rings is 1. The molecule has 1 amide bonds. The predicted octanol–water partition coefficient (Wildman–Crippen LogP) is 4.76. The number of nitrogens with one attached hydrogen (secondary N) is 1. The van der Waals surface area contributed by atoms with Gasteiger partial charge in [-0.25, -0.2) is 9.97 Å². The highest BCUT2D eigenvalue weighted by molar-refractivity contribution is 7.17. The zero-order chi connectivity index (χ0) is 25.4. The van der Waals surface area contributed by atoms with E-state index in [1.165, 1.54) is 9.58 Å². The first-order valence-corrected chi connectivity index (χ1v) is 13.8. The Bertz CT molecular complexity index is 1540. The summed E-state index contributed by atoms with van der Waals surface area (Å²) in [7, 11) is 1.94. The lowest BCUT2D eigenvalue weighted by Crippen LogP contribution is -2.39. The van der Waals surface area contributed by atoms with Crippen LogP contribution in [0.2, 0.25) is 0 Å². The van der Waals surface area contributed by atoms with Crippen LogP contribution < -0.4 is 10.2 Å². The SMILES string of the molecule is Cc1cn2cc(CNC(=O)c3ccc(-c4csc5ccccc45)nc3N(C)C[C@@H]3COCCO3)nc2s1. The monoisotopic (exact) mass is 533 g/mol. The highest BCUT2D eigenvalue weighted by Crippen LogP contribution is 2.34. The first kappa shape index (κ1) is 24.1. The van der Waals surface area contributed by atoms with Crippen molar-refractivity contribution in [1.82, 2.24) is 19.7 Å². The summed E-state index contributed by atoms with van der Waals surface area (Å²) in [4.78, 5) is 27.1. The molecule has 6 rings (SSSR count). The minimum absolute atomic E-state index is 0.0796. The molecule has 1 atom stereocenters. The molecule has 0 aliphatic carbocycles. The van der Waals surface area contributed by atoms with Gasteiger partial charge in [0, 0.05) is 51.9 Å². The molecule has 8 nitrogen and oxygen atoms in total. The smallest absolute Gasteiger partial charge is 0.255 e. The van der Waals surface area contributed by atoms with Crippen LogP contribution in [-0.4, -0.2) is 59.8 Å². The maximum atomic E-state index is 13.4. The second kappa shape index (κ2) is 10.2. The van der Waals surface area contributed by atoms with E-state index >= 15 is 0 Å². The molecule has 5 aromatic rings. The van der Waals surface area contributed by atoms with Gasteiger partial charge in [0.2, 0.25) is 0 Å². The Morgan fingerprint density at radius 1 is 1.19 bits per heavy atom. The van der Waals surface area contributed by atoms with Crippen LogP contribution in [0.25, 0.3) is 26.3 Å². The third-order valence-electron chi connectivity index (χ3n) is 6.35. The fraction of sp³-hybridized carbons (Fsp3) is 0.296. The molecule has 1 aliphatic heterocycles. The molecule has 0 radical (unpaired) electrons. The van der Waals surface area contributed by atoms with Crippen LogP contribution in [0.4, 0.5) is 5.82 Å². The molecular formula is C27H27N5O3S2. The molecule has 0 saturated carbocycles. The number of pyridine rings is 1. The molecule has 0 bridgehead atoms. The number of hydrogen-bond acceptors (Lipinski definition) is 8. The largest absolute Gasteiger partial charge is 0.376 e. The first-order chi connectivity index (χ1) is 18.0. The Morgan fingerprint density at radius 2 is 2.08 bits per heavy atom. The van der Waals surface area contributed by atoms with Crippen molar-refractivity contribution in [2.45, 2.75) is 19.6 Å². The average Bonchev–Trinajstić information content (AvgIpc) is 3.60. The van der Waals surface area contributed by atoms with Gasteiger partial charge in [-0.3, -0.25) is 9.20 Å². The van der Waals surface area contributed by atoms with Gasteiger partial charge in [-0.1, -0.05) is 18.2 Å². The van der Waals surface area contributed by atoms with Crippen molar-refractivity contribution in [2.75, 3.05) is 38.3 Å². The number of hydrogen-bond donors (Lipinski definition) is 1. The van der Waals surface area contributed by atoms with Crippen molar-refractivity contribution in [3.63, 3.8) is 0 Å². The van der Waals surface area contributed by atoms with E-state index in [0.29, 0.717) is 44.3 Å². The number of thiazole rings is 1. The lowest BCUT2D eigenvalue weighted by Gasteiger charge is -2.29. The number of carbonyl (C=O) groups is 1. The molecule has 1 aliphatic rings. The van der Waals surface area contributed by atoms with Gasteiger partial charge < -0.3 is 19.7 Å². The minimum atomic E-state index is -0.190. The van der Waals surface area contributed by atoms with Crippen molar-refractivity contribution in [1.29, 1.82) is 0 Å². The topological polar surface area (TPSA) is 81.0 Å². The fourth-order valence-corrected chi connectivity index (χ4v) is 6.37. The van der Waals surface area contributed by atoms with Gasteiger partial charge in [-0.05, 0) is 25.1 Å². The molecule has 1 N–H and O–H groups in total. The van der Waals surface area contributed by atoms with Crippen LogP contribution in [0.3, 0.4) is 0 Å². The highest BCUT2D eigenvalue weighted by Gasteiger charge is 2.23. The summed E-state index contributed by atoms with van der Waals surface area (Å²) in [6.07, 6.45) is 3.92. The summed E-state index contributed by atoms with van der Waals surface area (Å²) in [5.41, 5.74) is 3.23. The van der Waals surface area contributed by atoms with Gasteiger partial charge in [0.05, 0.1) is 49.4 Å². The van der Waals surface area contributed by atoms with Crippen molar-refractivity contribution < 1.29 is 14.3 Å². The number of imidazole rings is 1. The second-order valence-corrected chi connectivity index (χ2v) is 11.2. The normalized spacial score (nSPS) is 15.9. The maximum absolute atomic E-state index is 13.4. The van der Waals surface area contributed by atoms with E-state index in [2.05, 4.69) is 34.7 Å². The van der Waals surface area contributed by atoms with Crippen LogP contribution in [0.5, 0.6) is 0 Å². The molecule has 5 heterocycles. The summed E-state index contributed by atoms with van der Waals surface area (Å²) in [5.74, 6) is 0.422. The molecular weight excluding hydrogens is 506 g/mol. The molecule has 0 unspecified atom stereocenters. The summed E-state index contributed by atoms with van der Waals surface area (Å²) >= 11 is 3.32. The predicted molar refractivity (Wildman–Crippen MR) is 148 cm³/mol. The third-order valence-corrected chi connectivity index (χ3v) is 8.23. The molecule has 10 heteroatoms. The Balaban J connectivity index is 1.29. The van der Waals surface area contributed by atoms with E-state index < -0.39 is 0 Å². The number of amides is 1. The minimum Gasteiger partial charge on any atom is -0.376 e. The number of carbonyl (C=O) groups excluding carboxylic acids is 1. The standard InChI is InChI=1S/C27H27N5O3S2/c1-17-12-32-13-18(29-27(32)37-17)11-28-26(33)21-7-8-23(22-16-36-24-6-4-3-5-20(22)24)30-25(21)31(2)14-19-15-34-9-10-35-19/h3-8,12-13,16,19H,9-11,14-15H2,1-2H3,(H,28,33)/t19-/m1/s1. The van der Waals surface area contributed by atoms with Gasteiger partial charge in [0.15, 0.2) is 4.96 Å². The number of likely N-dealkylation sites (N-methyl/N-ethyl adjacent to an activating group) is 1. The quantitative estimate of drug-likeness (QED) is 0.325. The van der Waals surface area contributed by atoms with Crippen molar-refractivity contribution in [3.8, 4) is 11.3 Å². The lowest BCUT2D eigenvalue weighted by molar-refractivity contribution is -0.0837. The van der Waals surface area contributed by atoms with E-state index in [0.717, 1.165) is 27.3 Å². The fourth-order valence-electron chi connectivity index (χ4n) is 4.59. The Hall–Kier alpha value is -3.31. The van der Waals surface area contributed by atoms with Crippen molar-refractivity contribution >= 4 is 49.4 Å². The van der Waals surface area contributed by atoms with E-state index in [-0.39, 0.29) is 12.0 Å². The third kappa shape index (κ3) is 4.97. The number of aryl methyl sites for hydroxylation is 1. The highest BCUT2D eigenvalue weighted by atomic mass is 32.1. The first-order valence-electron chi connectivity index (χ1n) is 12.2. The number of nitrogens with zero attached hydrogens (tertiary/aromatic N) is 4. The van der Waals surface area contributed by atoms with E-state index in [1.807, 2.05) is 53.0 Å². The Labute approximate surface area is 222 Å². The molecule has 37 heavy (non-hydrogen) atoms.